The second-order valence-corrected chi connectivity index (χ2v) is 7.20. The molecule has 0 fully saturated rings. The lowest BCUT2D eigenvalue weighted by Gasteiger charge is -2.29. The Kier molecular flexibility index (Phi) is 5.36. The Hall–Kier alpha value is -3.12. The molecule has 3 aromatic rings. The normalized spacial score (nSPS) is 13.3. The summed E-state index contributed by atoms with van der Waals surface area (Å²) < 4.78 is 10.9. The van der Waals surface area contributed by atoms with E-state index in [-0.39, 0.29) is 12.3 Å². The molecule has 2 aromatic carbocycles. The van der Waals surface area contributed by atoms with Crippen LogP contribution < -0.4 is 15.2 Å². The smallest absolute Gasteiger partial charge is 0.227 e. The molecule has 2 N–H and O–H groups in total. The van der Waals surface area contributed by atoms with Gasteiger partial charge in [-0.05, 0) is 40.6 Å². The van der Waals surface area contributed by atoms with Crippen LogP contribution in [0.1, 0.15) is 22.4 Å². The van der Waals surface area contributed by atoms with Crippen molar-refractivity contribution in [2.45, 2.75) is 25.9 Å². The summed E-state index contributed by atoms with van der Waals surface area (Å²) >= 11 is 0. The van der Waals surface area contributed by atoms with Crippen LogP contribution in [0.15, 0.2) is 42.6 Å². The van der Waals surface area contributed by atoms with Gasteiger partial charge in [-0.2, -0.15) is 0 Å². The predicted octanol–water partition coefficient (Wildman–Crippen LogP) is 2.84. The number of carbonyl (C=O) groups is 1. The van der Waals surface area contributed by atoms with Crippen LogP contribution in [0.4, 0.5) is 0 Å². The molecule has 6 nitrogen and oxygen atoms in total. The monoisotopic (exact) mass is 391 g/mol. The molecule has 150 valence electrons. The first-order valence-corrected chi connectivity index (χ1v) is 9.71. The number of nitrogens with two attached hydrogens (primary N) is 1. The van der Waals surface area contributed by atoms with Gasteiger partial charge in [-0.25, -0.2) is 0 Å². The number of hydrogen-bond donors (Lipinski definition) is 1. The number of hydrogen-bond acceptors (Lipinski definition) is 5. The number of rotatable bonds is 5. The lowest BCUT2D eigenvalue weighted by molar-refractivity contribution is -0.131. The number of fused-ring (bicyclic) bond motifs is 2. The summed E-state index contributed by atoms with van der Waals surface area (Å²) in [5.41, 5.74) is 10.1. The van der Waals surface area contributed by atoms with E-state index in [0.29, 0.717) is 24.6 Å². The van der Waals surface area contributed by atoms with Gasteiger partial charge in [0, 0.05) is 31.2 Å². The maximum atomic E-state index is 13.1. The fourth-order valence-corrected chi connectivity index (χ4v) is 3.97. The highest BCUT2D eigenvalue weighted by molar-refractivity contribution is 5.93. The van der Waals surface area contributed by atoms with Crippen LogP contribution in [0.5, 0.6) is 11.5 Å². The number of nitrogens with zero attached hydrogens (tertiary/aromatic N) is 2. The van der Waals surface area contributed by atoms with Crippen molar-refractivity contribution in [2.24, 2.45) is 5.73 Å². The molecule has 0 bridgehead atoms. The number of benzene rings is 2. The Labute approximate surface area is 170 Å². The number of carbonyl (C=O) groups excluding carboxylic acids is 1. The first kappa shape index (κ1) is 19.2. The van der Waals surface area contributed by atoms with Crippen molar-refractivity contribution in [3.8, 4) is 11.5 Å². The van der Waals surface area contributed by atoms with E-state index in [1.54, 1.807) is 20.4 Å². The molecule has 1 aliphatic heterocycles. The lowest BCUT2D eigenvalue weighted by atomic mass is 9.98. The van der Waals surface area contributed by atoms with Gasteiger partial charge in [-0.1, -0.05) is 24.3 Å². The summed E-state index contributed by atoms with van der Waals surface area (Å²) in [5.74, 6) is 1.33. The van der Waals surface area contributed by atoms with Crippen LogP contribution in [0.3, 0.4) is 0 Å². The summed E-state index contributed by atoms with van der Waals surface area (Å²) in [5, 5.41) is 1.81. The SMILES string of the molecule is COc1cc2c(CC(=O)N3CCc4ccccc4C3)cnc(CN)c2cc1OC. The van der Waals surface area contributed by atoms with Crippen LogP contribution in [-0.2, 0) is 30.7 Å². The Balaban J connectivity index is 1.66. The average Bonchev–Trinajstić information content (AvgIpc) is 2.77. The molecule has 1 aliphatic rings. The molecule has 1 aromatic heterocycles. The van der Waals surface area contributed by atoms with E-state index in [1.807, 2.05) is 23.1 Å². The molecule has 0 atom stereocenters. The Morgan fingerprint density at radius 3 is 2.48 bits per heavy atom. The standard InChI is InChI=1S/C23H25N3O3/c1-28-21-10-18-17(13-25-20(12-24)19(18)11-22(21)29-2)9-23(27)26-8-7-15-5-3-4-6-16(15)14-26/h3-6,10-11,13H,7-9,12,14,24H2,1-2H3. The van der Waals surface area contributed by atoms with Crippen molar-refractivity contribution in [3.63, 3.8) is 0 Å². The van der Waals surface area contributed by atoms with Gasteiger partial charge in [0.05, 0.1) is 26.3 Å². The fourth-order valence-electron chi connectivity index (χ4n) is 3.97. The largest absolute Gasteiger partial charge is 0.493 e. The highest BCUT2D eigenvalue weighted by Crippen LogP contribution is 2.35. The first-order chi connectivity index (χ1) is 14.1. The highest BCUT2D eigenvalue weighted by Gasteiger charge is 2.22. The maximum Gasteiger partial charge on any atom is 0.227 e. The molecule has 0 saturated heterocycles. The van der Waals surface area contributed by atoms with Gasteiger partial charge in [0.15, 0.2) is 11.5 Å². The molecule has 6 heteroatoms. The molecule has 0 saturated carbocycles. The van der Waals surface area contributed by atoms with Crippen molar-refractivity contribution in [1.29, 1.82) is 0 Å². The molecule has 0 spiro atoms. The second-order valence-electron chi connectivity index (χ2n) is 7.20. The van der Waals surface area contributed by atoms with Crippen molar-refractivity contribution >= 4 is 16.7 Å². The molecule has 29 heavy (non-hydrogen) atoms. The number of pyridine rings is 1. The third kappa shape index (κ3) is 3.63. The quantitative estimate of drug-likeness (QED) is 0.724. The van der Waals surface area contributed by atoms with E-state index in [2.05, 4.69) is 23.2 Å². The van der Waals surface area contributed by atoms with Crippen LogP contribution >= 0.6 is 0 Å². The number of amides is 1. The van der Waals surface area contributed by atoms with Crippen molar-refractivity contribution < 1.29 is 14.3 Å². The minimum absolute atomic E-state index is 0.0953. The topological polar surface area (TPSA) is 77.7 Å². The molecule has 1 amide bonds. The number of aromatic nitrogens is 1. The average molecular weight is 391 g/mol. The summed E-state index contributed by atoms with van der Waals surface area (Å²) in [6.45, 7) is 1.70. The Morgan fingerprint density at radius 2 is 1.79 bits per heavy atom. The van der Waals surface area contributed by atoms with Gasteiger partial charge >= 0.3 is 0 Å². The number of methoxy groups -OCH3 is 2. The van der Waals surface area contributed by atoms with Crippen molar-refractivity contribution in [2.75, 3.05) is 20.8 Å². The van der Waals surface area contributed by atoms with Gasteiger partial charge < -0.3 is 20.1 Å². The summed E-state index contributed by atoms with van der Waals surface area (Å²) in [6, 6.07) is 12.1. The first-order valence-electron chi connectivity index (χ1n) is 9.71. The molecular formula is C23H25N3O3. The fraction of sp³-hybridized carbons (Fsp3) is 0.304. The van der Waals surface area contributed by atoms with E-state index in [4.69, 9.17) is 15.2 Å². The highest BCUT2D eigenvalue weighted by atomic mass is 16.5. The van der Waals surface area contributed by atoms with E-state index in [1.165, 1.54) is 11.1 Å². The van der Waals surface area contributed by atoms with E-state index >= 15 is 0 Å². The Morgan fingerprint density at radius 1 is 1.10 bits per heavy atom. The summed E-state index contributed by atoms with van der Waals surface area (Å²) in [7, 11) is 3.20. The van der Waals surface area contributed by atoms with Gasteiger partial charge in [0.1, 0.15) is 0 Å². The minimum Gasteiger partial charge on any atom is -0.493 e. The lowest BCUT2D eigenvalue weighted by Crippen LogP contribution is -2.36. The molecule has 0 aliphatic carbocycles. The third-order valence-electron chi connectivity index (χ3n) is 5.58. The van der Waals surface area contributed by atoms with Crippen LogP contribution in [0.25, 0.3) is 10.8 Å². The predicted molar refractivity (Wildman–Crippen MR) is 112 cm³/mol. The molecule has 0 unspecified atom stereocenters. The van der Waals surface area contributed by atoms with Crippen LogP contribution in [0, 0.1) is 0 Å². The third-order valence-corrected chi connectivity index (χ3v) is 5.58. The molecule has 4 rings (SSSR count). The second kappa shape index (κ2) is 8.09. The summed E-state index contributed by atoms with van der Waals surface area (Å²) in [6.07, 6.45) is 2.93. The zero-order chi connectivity index (χ0) is 20.4. The minimum atomic E-state index is 0.0953. The van der Waals surface area contributed by atoms with Crippen molar-refractivity contribution in [3.05, 3.63) is 65.0 Å². The zero-order valence-electron chi connectivity index (χ0n) is 16.8. The van der Waals surface area contributed by atoms with Crippen molar-refractivity contribution in [1.82, 2.24) is 9.88 Å². The van der Waals surface area contributed by atoms with E-state index < -0.39 is 0 Å². The molecular weight excluding hydrogens is 366 g/mol. The Bertz CT molecular complexity index is 1060. The number of ether oxygens (including phenoxy) is 2. The maximum absolute atomic E-state index is 13.1. The van der Waals surface area contributed by atoms with Crippen LogP contribution in [0.2, 0.25) is 0 Å². The van der Waals surface area contributed by atoms with E-state index in [9.17, 15) is 4.79 Å². The van der Waals surface area contributed by atoms with Gasteiger partial charge in [0.2, 0.25) is 5.91 Å². The molecule has 2 heterocycles. The molecule has 0 radical (unpaired) electrons. The van der Waals surface area contributed by atoms with Gasteiger partial charge in [-0.3, -0.25) is 9.78 Å². The van der Waals surface area contributed by atoms with Gasteiger partial charge in [-0.15, -0.1) is 0 Å². The van der Waals surface area contributed by atoms with E-state index in [0.717, 1.165) is 35.0 Å². The summed E-state index contributed by atoms with van der Waals surface area (Å²) in [4.78, 5) is 19.5. The van der Waals surface area contributed by atoms with Crippen LogP contribution in [-0.4, -0.2) is 36.6 Å². The van der Waals surface area contributed by atoms with Gasteiger partial charge in [0.25, 0.3) is 0 Å². The zero-order valence-corrected chi connectivity index (χ0v) is 16.8.